The van der Waals surface area contributed by atoms with Gasteiger partial charge in [0.2, 0.25) is 0 Å². The number of aromatic nitrogens is 5. The highest BCUT2D eigenvalue weighted by Crippen LogP contribution is 2.37. The fourth-order valence-corrected chi connectivity index (χ4v) is 4.82. The second-order valence-corrected chi connectivity index (χ2v) is 8.67. The average molecular weight is 434 g/mol. The Morgan fingerprint density at radius 2 is 1.91 bits per heavy atom. The van der Waals surface area contributed by atoms with Crippen LogP contribution in [0.5, 0.6) is 0 Å². The van der Waals surface area contributed by atoms with Crippen LogP contribution in [0.3, 0.4) is 0 Å². The predicted octanol–water partition coefficient (Wildman–Crippen LogP) is 4.81. The number of hydrogen-bond acceptors (Lipinski definition) is 4. The second-order valence-electron chi connectivity index (χ2n) is 8.67. The van der Waals surface area contributed by atoms with Crippen molar-refractivity contribution < 1.29 is 0 Å². The van der Waals surface area contributed by atoms with Crippen molar-refractivity contribution in [3.05, 3.63) is 72.6 Å². The maximum absolute atomic E-state index is 7.30. The molecule has 7 heteroatoms. The fraction of sp³-hybridized carbons (Fsp3) is 0.231. The Morgan fingerprint density at radius 1 is 1.06 bits per heavy atom. The topological polar surface area (TPSA) is 64.9 Å². The molecule has 1 N–H and O–H groups in total. The van der Waals surface area contributed by atoms with Crippen LogP contribution in [0.2, 0.25) is 0 Å². The third kappa shape index (κ3) is 3.36. The summed E-state index contributed by atoms with van der Waals surface area (Å²) < 4.78 is 4.10. The SMILES string of the molecule is [C-]#[N+]c1ccc(-c2c(-c3ccc4c(cnn4C)c3)ncc3c2ncn3C[C@H]2CCNC2)cc1. The Morgan fingerprint density at radius 3 is 2.70 bits per heavy atom. The molecule has 1 atom stereocenters. The highest BCUT2D eigenvalue weighted by atomic mass is 15.2. The number of rotatable bonds is 4. The first-order chi connectivity index (χ1) is 16.2. The minimum Gasteiger partial charge on any atom is -0.329 e. The van der Waals surface area contributed by atoms with E-state index < -0.39 is 0 Å². The molecule has 0 radical (unpaired) electrons. The van der Waals surface area contributed by atoms with Gasteiger partial charge in [-0.3, -0.25) is 9.67 Å². The summed E-state index contributed by atoms with van der Waals surface area (Å²) in [5.74, 6) is 0.608. The smallest absolute Gasteiger partial charge is 0.187 e. The first kappa shape index (κ1) is 19.6. The minimum atomic E-state index is 0.608. The minimum absolute atomic E-state index is 0.608. The number of fused-ring (bicyclic) bond motifs is 2. The third-order valence-electron chi connectivity index (χ3n) is 6.59. The van der Waals surface area contributed by atoms with Gasteiger partial charge in [0.1, 0.15) is 5.52 Å². The standard InChI is InChI=1S/C26H23N7/c1-27-21-6-3-18(4-7-21)24-25(19-5-8-22-20(11-19)13-31-32(22)2)29-14-23-26(24)30-16-33(23)15-17-9-10-28-12-17/h3-8,11,13-14,16-17,28H,9-10,12,15H2,2H3/t17-/m0/s1. The molecule has 4 heterocycles. The van der Waals surface area contributed by atoms with Gasteiger partial charge in [0, 0.05) is 30.1 Å². The summed E-state index contributed by atoms with van der Waals surface area (Å²) in [4.78, 5) is 13.4. The Bertz CT molecular complexity index is 1510. The summed E-state index contributed by atoms with van der Waals surface area (Å²) in [5, 5.41) is 8.90. The average Bonchev–Trinajstić information content (AvgIpc) is 3.60. The Labute approximate surface area is 191 Å². The molecule has 33 heavy (non-hydrogen) atoms. The van der Waals surface area contributed by atoms with Crippen LogP contribution in [0.15, 0.2) is 61.2 Å². The van der Waals surface area contributed by atoms with E-state index in [4.69, 9.17) is 16.5 Å². The van der Waals surface area contributed by atoms with E-state index in [9.17, 15) is 0 Å². The van der Waals surface area contributed by atoms with Crippen molar-refractivity contribution in [2.75, 3.05) is 13.1 Å². The molecule has 0 unspecified atom stereocenters. The molecule has 5 aromatic rings. The molecule has 1 saturated heterocycles. The molecule has 6 rings (SSSR count). The van der Waals surface area contributed by atoms with Crippen molar-refractivity contribution in [2.45, 2.75) is 13.0 Å². The van der Waals surface area contributed by atoms with E-state index in [0.717, 1.165) is 64.0 Å². The molecule has 0 aliphatic carbocycles. The predicted molar refractivity (Wildman–Crippen MR) is 130 cm³/mol. The lowest BCUT2D eigenvalue weighted by Crippen LogP contribution is -2.14. The highest BCUT2D eigenvalue weighted by Gasteiger charge is 2.20. The lowest BCUT2D eigenvalue weighted by molar-refractivity contribution is 0.489. The normalized spacial score (nSPS) is 15.9. The van der Waals surface area contributed by atoms with Crippen molar-refractivity contribution in [3.8, 4) is 22.4 Å². The number of nitrogens with one attached hydrogen (secondary N) is 1. The quantitative estimate of drug-likeness (QED) is 0.413. The van der Waals surface area contributed by atoms with Crippen molar-refractivity contribution in [1.29, 1.82) is 0 Å². The molecule has 0 saturated carbocycles. The van der Waals surface area contributed by atoms with Crippen molar-refractivity contribution in [3.63, 3.8) is 0 Å². The van der Waals surface area contributed by atoms with E-state index >= 15 is 0 Å². The maximum atomic E-state index is 7.30. The van der Waals surface area contributed by atoms with Gasteiger partial charge < -0.3 is 9.88 Å². The van der Waals surface area contributed by atoms with E-state index in [1.807, 2.05) is 54.7 Å². The molecule has 0 amide bonds. The van der Waals surface area contributed by atoms with Crippen LogP contribution in [0.4, 0.5) is 5.69 Å². The third-order valence-corrected chi connectivity index (χ3v) is 6.59. The summed E-state index contributed by atoms with van der Waals surface area (Å²) in [6.07, 6.45) is 6.95. The summed E-state index contributed by atoms with van der Waals surface area (Å²) in [6, 6.07) is 14.0. The first-order valence-corrected chi connectivity index (χ1v) is 11.2. The Kier molecular flexibility index (Phi) is 4.67. The number of benzene rings is 2. The van der Waals surface area contributed by atoms with E-state index in [1.165, 1.54) is 6.42 Å². The summed E-state index contributed by atoms with van der Waals surface area (Å²) in [6.45, 7) is 10.4. The maximum Gasteiger partial charge on any atom is 0.187 e. The van der Waals surface area contributed by atoms with Crippen molar-refractivity contribution in [2.24, 2.45) is 13.0 Å². The van der Waals surface area contributed by atoms with Gasteiger partial charge in [0.05, 0.1) is 42.0 Å². The molecule has 1 fully saturated rings. The lowest BCUT2D eigenvalue weighted by Gasteiger charge is -2.13. The summed E-state index contributed by atoms with van der Waals surface area (Å²) >= 11 is 0. The number of pyridine rings is 1. The molecule has 2 aromatic carbocycles. The number of imidazole rings is 1. The summed E-state index contributed by atoms with van der Waals surface area (Å²) in [5.41, 5.74) is 7.59. The molecule has 162 valence electrons. The molecule has 0 bridgehead atoms. The zero-order valence-corrected chi connectivity index (χ0v) is 18.4. The van der Waals surface area contributed by atoms with Gasteiger partial charge in [0.15, 0.2) is 5.69 Å². The van der Waals surface area contributed by atoms with Gasteiger partial charge in [0.25, 0.3) is 0 Å². The molecule has 0 spiro atoms. The van der Waals surface area contributed by atoms with Crippen LogP contribution in [-0.2, 0) is 13.6 Å². The first-order valence-electron chi connectivity index (χ1n) is 11.2. The van der Waals surface area contributed by atoms with Crippen LogP contribution < -0.4 is 5.32 Å². The molecular weight excluding hydrogens is 410 g/mol. The number of aryl methyl sites for hydroxylation is 1. The van der Waals surface area contributed by atoms with Gasteiger partial charge in [-0.25, -0.2) is 9.83 Å². The second kappa shape index (κ2) is 7.84. The molecular formula is C26H23N7. The van der Waals surface area contributed by atoms with Gasteiger partial charge >= 0.3 is 0 Å². The zero-order chi connectivity index (χ0) is 22.4. The monoisotopic (exact) mass is 433 g/mol. The van der Waals surface area contributed by atoms with Crippen LogP contribution in [0, 0.1) is 12.5 Å². The lowest BCUT2D eigenvalue weighted by atomic mass is 9.97. The molecule has 3 aromatic heterocycles. The van der Waals surface area contributed by atoms with Crippen molar-refractivity contribution in [1.82, 2.24) is 29.6 Å². The number of hydrogen-bond donors (Lipinski definition) is 1. The molecule has 7 nitrogen and oxygen atoms in total. The van der Waals surface area contributed by atoms with Gasteiger partial charge in [-0.1, -0.05) is 30.3 Å². The van der Waals surface area contributed by atoms with Crippen molar-refractivity contribution >= 4 is 27.6 Å². The van der Waals surface area contributed by atoms with E-state index in [0.29, 0.717) is 11.6 Å². The van der Waals surface area contributed by atoms with Crippen LogP contribution >= 0.6 is 0 Å². The van der Waals surface area contributed by atoms with Crippen LogP contribution in [0.25, 0.3) is 49.2 Å². The van der Waals surface area contributed by atoms with Gasteiger partial charge in [-0.15, -0.1) is 0 Å². The Hall–Kier alpha value is -4.02. The molecule has 1 aliphatic heterocycles. The zero-order valence-electron chi connectivity index (χ0n) is 18.4. The van der Waals surface area contributed by atoms with Crippen LogP contribution in [0.1, 0.15) is 6.42 Å². The summed E-state index contributed by atoms with van der Waals surface area (Å²) in [7, 11) is 1.95. The number of nitrogens with zero attached hydrogens (tertiary/aromatic N) is 6. The van der Waals surface area contributed by atoms with Gasteiger partial charge in [-0.05, 0) is 43.1 Å². The molecule has 1 aliphatic rings. The highest BCUT2D eigenvalue weighted by molar-refractivity contribution is 6.00. The Balaban J connectivity index is 1.54. The van der Waals surface area contributed by atoms with Crippen LogP contribution in [-0.4, -0.2) is 37.4 Å². The fourth-order valence-electron chi connectivity index (χ4n) is 4.82. The van der Waals surface area contributed by atoms with E-state index in [-0.39, 0.29) is 0 Å². The largest absolute Gasteiger partial charge is 0.329 e. The van der Waals surface area contributed by atoms with E-state index in [1.54, 1.807) is 0 Å². The van der Waals surface area contributed by atoms with E-state index in [2.05, 4.69) is 38.0 Å². The van der Waals surface area contributed by atoms with Gasteiger partial charge in [-0.2, -0.15) is 5.10 Å².